The Hall–Kier alpha value is -0.650. The number of hydrogen-bond donors (Lipinski definition) is 1. The highest BCUT2D eigenvalue weighted by Crippen LogP contribution is 2.15. The van der Waals surface area contributed by atoms with Crippen LogP contribution in [0.1, 0.15) is 34.1 Å². The van der Waals surface area contributed by atoms with Crippen molar-refractivity contribution in [3.63, 3.8) is 0 Å². The molecule has 0 saturated carbocycles. The van der Waals surface area contributed by atoms with Crippen LogP contribution in [-0.4, -0.2) is 73.7 Å². The molecule has 0 bridgehead atoms. The van der Waals surface area contributed by atoms with Gasteiger partial charge in [0.25, 0.3) is 0 Å². The summed E-state index contributed by atoms with van der Waals surface area (Å²) in [7, 11) is 0. The quantitative estimate of drug-likeness (QED) is 0.639. The summed E-state index contributed by atoms with van der Waals surface area (Å²) in [5.74, 6) is -0.124. The number of nitrogens with zero attached hydrogens (tertiary/aromatic N) is 2. The summed E-state index contributed by atoms with van der Waals surface area (Å²) in [6.07, 6.45) is 1.20. The van der Waals surface area contributed by atoms with Gasteiger partial charge in [-0.15, -0.1) is 0 Å². The highest BCUT2D eigenvalue weighted by atomic mass is 16.5. The molecule has 1 heterocycles. The average Bonchev–Trinajstić information content (AvgIpc) is 2.88. The van der Waals surface area contributed by atoms with Gasteiger partial charge >= 0.3 is 5.97 Å². The van der Waals surface area contributed by atoms with Gasteiger partial charge < -0.3 is 10.1 Å². The minimum atomic E-state index is -0.199. The van der Waals surface area contributed by atoms with E-state index in [9.17, 15) is 4.79 Å². The van der Waals surface area contributed by atoms with Crippen LogP contribution in [-0.2, 0) is 9.53 Å². The zero-order valence-corrected chi connectivity index (χ0v) is 13.5. The summed E-state index contributed by atoms with van der Waals surface area (Å²) in [6, 6.07) is 0.435. The van der Waals surface area contributed by atoms with Crippen LogP contribution in [0.25, 0.3) is 0 Å². The molecule has 0 aromatic heterocycles. The molecule has 0 aromatic rings. The fourth-order valence-corrected chi connectivity index (χ4v) is 2.99. The second-order valence-electron chi connectivity index (χ2n) is 5.29. The Bertz CT molecular complexity index is 282. The molecule has 5 heteroatoms. The monoisotopic (exact) mass is 285 g/mol. The zero-order chi connectivity index (χ0) is 15.0. The van der Waals surface area contributed by atoms with Gasteiger partial charge in [0.1, 0.15) is 6.04 Å². The van der Waals surface area contributed by atoms with E-state index >= 15 is 0 Å². The van der Waals surface area contributed by atoms with E-state index in [1.165, 1.54) is 6.42 Å². The smallest absolute Gasteiger partial charge is 0.324 e. The minimum absolute atomic E-state index is 0.124. The first kappa shape index (κ1) is 17.4. The predicted molar refractivity (Wildman–Crippen MR) is 81.9 cm³/mol. The van der Waals surface area contributed by atoms with Crippen LogP contribution in [0.3, 0.4) is 0 Å². The molecule has 0 radical (unpaired) electrons. The normalized spacial score (nSPS) is 21.4. The Morgan fingerprint density at radius 1 is 1.35 bits per heavy atom. The van der Waals surface area contributed by atoms with Crippen molar-refractivity contribution < 1.29 is 9.53 Å². The second kappa shape index (κ2) is 9.32. The maximum absolute atomic E-state index is 11.9. The second-order valence-corrected chi connectivity index (χ2v) is 5.29. The molecule has 0 aliphatic carbocycles. The van der Waals surface area contributed by atoms with Crippen molar-refractivity contribution in [2.24, 2.45) is 0 Å². The lowest BCUT2D eigenvalue weighted by Gasteiger charge is -2.27. The van der Waals surface area contributed by atoms with Gasteiger partial charge in [-0.1, -0.05) is 20.8 Å². The third kappa shape index (κ3) is 5.04. The molecule has 118 valence electrons. The molecule has 0 amide bonds. The molecule has 1 saturated heterocycles. The van der Waals surface area contributed by atoms with Crippen molar-refractivity contribution in [1.82, 2.24) is 15.1 Å². The van der Waals surface area contributed by atoms with E-state index in [2.05, 4.69) is 29.0 Å². The lowest BCUT2D eigenvalue weighted by atomic mass is 10.2. The zero-order valence-electron chi connectivity index (χ0n) is 13.5. The largest absolute Gasteiger partial charge is 0.465 e. The molecule has 1 rings (SSSR count). The highest BCUT2D eigenvalue weighted by Gasteiger charge is 2.29. The van der Waals surface area contributed by atoms with Gasteiger partial charge in [0.15, 0.2) is 0 Å². The third-order valence-corrected chi connectivity index (χ3v) is 4.04. The Balaban J connectivity index is 2.48. The lowest BCUT2D eigenvalue weighted by molar-refractivity contribution is -0.146. The molecule has 1 fully saturated rings. The highest BCUT2D eigenvalue weighted by molar-refractivity contribution is 5.76. The van der Waals surface area contributed by atoms with Gasteiger partial charge in [-0.05, 0) is 39.5 Å². The van der Waals surface area contributed by atoms with Crippen LogP contribution in [0.5, 0.6) is 0 Å². The first-order valence-corrected chi connectivity index (χ1v) is 8.02. The summed E-state index contributed by atoms with van der Waals surface area (Å²) in [6.45, 7) is 14.6. The number of carbonyl (C=O) groups excluding carboxylic acids is 1. The predicted octanol–water partition coefficient (Wildman–Crippen LogP) is 0.944. The molecular weight excluding hydrogens is 254 g/mol. The average molecular weight is 285 g/mol. The van der Waals surface area contributed by atoms with Crippen molar-refractivity contribution in [3.8, 4) is 0 Å². The third-order valence-electron chi connectivity index (χ3n) is 4.04. The number of nitrogens with one attached hydrogen (secondary N) is 1. The van der Waals surface area contributed by atoms with Gasteiger partial charge in [0, 0.05) is 19.1 Å². The summed E-state index contributed by atoms with van der Waals surface area (Å²) in [5.41, 5.74) is 0. The van der Waals surface area contributed by atoms with E-state index in [1.54, 1.807) is 0 Å². The van der Waals surface area contributed by atoms with Crippen molar-refractivity contribution in [2.45, 2.75) is 46.2 Å². The maximum Gasteiger partial charge on any atom is 0.324 e. The molecule has 2 unspecified atom stereocenters. The number of rotatable bonds is 9. The topological polar surface area (TPSA) is 44.8 Å². The number of hydrogen-bond acceptors (Lipinski definition) is 5. The fourth-order valence-electron chi connectivity index (χ4n) is 2.99. The molecule has 1 N–H and O–H groups in total. The van der Waals surface area contributed by atoms with E-state index < -0.39 is 0 Å². The Labute approximate surface area is 123 Å². The van der Waals surface area contributed by atoms with Crippen LogP contribution < -0.4 is 5.32 Å². The Morgan fingerprint density at radius 3 is 2.60 bits per heavy atom. The van der Waals surface area contributed by atoms with Crippen molar-refractivity contribution in [2.75, 3.05) is 45.9 Å². The number of ether oxygens (including phenoxy) is 1. The molecule has 1 aliphatic rings. The summed E-state index contributed by atoms with van der Waals surface area (Å²) >= 11 is 0. The first-order valence-electron chi connectivity index (χ1n) is 8.02. The number of esters is 1. The molecule has 20 heavy (non-hydrogen) atoms. The van der Waals surface area contributed by atoms with Gasteiger partial charge in [-0.3, -0.25) is 14.6 Å². The van der Waals surface area contributed by atoms with Gasteiger partial charge in [0.2, 0.25) is 0 Å². The molecular formula is C15H31N3O2. The summed E-state index contributed by atoms with van der Waals surface area (Å²) < 4.78 is 5.14. The van der Waals surface area contributed by atoms with Crippen molar-refractivity contribution in [1.29, 1.82) is 0 Å². The van der Waals surface area contributed by atoms with Crippen LogP contribution in [0.15, 0.2) is 0 Å². The molecule has 5 nitrogen and oxygen atoms in total. The Morgan fingerprint density at radius 2 is 2.05 bits per heavy atom. The SMILES string of the molecule is CCNC(CN1CCC(N(CC)CC)C1)C(=O)OCC. The van der Waals surface area contributed by atoms with Crippen molar-refractivity contribution >= 4 is 5.97 Å². The maximum atomic E-state index is 11.9. The fraction of sp³-hybridized carbons (Fsp3) is 0.933. The van der Waals surface area contributed by atoms with E-state index in [1.807, 2.05) is 13.8 Å². The minimum Gasteiger partial charge on any atom is -0.465 e. The van der Waals surface area contributed by atoms with Gasteiger partial charge in [-0.2, -0.15) is 0 Å². The van der Waals surface area contributed by atoms with Crippen LogP contribution in [0.2, 0.25) is 0 Å². The Kier molecular flexibility index (Phi) is 8.11. The standard InChI is InChI=1S/C15H31N3O2/c1-5-16-14(15(19)20-8-4)12-17-10-9-13(11-17)18(6-2)7-3/h13-14,16H,5-12H2,1-4H3. The molecule has 1 aliphatic heterocycles. The lowest BCUT2D eigenvalue weighted by Crippen LogP contribution is -2.47. The van der Waals surface area contributed by atoms with E-state index in [4.69, 9.17) is 4.74 Å². The number of likely N-dealkylation sites (tertiary alicyclic amines) is 1. The summed E-state index contributed by atoms with van der Waals surface area (Å²) in [5, 5.41) is 3.24. The molecule has 0 spiro atoms. The van der Waals surface area contributed by atoms with Crippen molar-refractivity contribution in [3.05, 3.63) is 0 Å². The van der Waals surface area contributed by atoms with Crippen LogP contribution in [0, 0.1) is 0 Å². The number of likely N-dealkylation sites (N-methyl/N-ethyl adjacent to an activating group) is 2. The first-order chi connectivity index (χ1) is 9.65. The summed E-state index contributed by atoms with van der Waals surface area (Å²) in [4.78, 5) is 16.8. The van der Waals surface area contributed by atoms with E-state index in [0.717, 1.165) is 39.3 Å². The number of carbonyl (C=O) groups is 1. The molecule has 2 atom stereocenters. The van der Waals surface area contributed by atoms with Gasteiger partial charge in [-0.25, -0.2) is 0 Å². The van der Waals surface area contributed by atoms with E-state index in [-0.39, 0.29) is 12.0 Å². The molecule has 0 aromatic carbocycles. The van der Waals surface area contributed by atoms with E-state index in [0.29, 0.717) is 12.6 Å². The van der Waals surface area contributed by atoms with Crippen LogP contribution >= 0.6 is 0 Å². The van der Waals surface area contributed by atoms with Gasteiger partial charge in [0.05, 0.1) is 6.61 Å². The van der Waals surface area contributed by atoms with Crippen LogP contribution in [0.4, 0.5) is 0 Å².